The van der Waals surface area contributed by atoms with Crippen molar-refractivity contribution in [1.29, 1.82) is 0 Å². The smallest absolute Gasteiger partial charge is 0.268 e. The van der Waals surface area contributed by atoms with Crippen molar-refractivity contribution in [2.24, 2.45) is 4.99 Å². The van der Waals surface area contributed by atoms with Crippen LogP contribution < -0.4 is 4.90 Å². The van der Waals surface area contributed by atoms with Crippen molar-refractivity contribution in [3.8, 4) is 0 Å². The van der Waals surface area contributed by atoms with Crippen LogP contribution in [-0.2, 0) is 17.6 Å². The third-order valence-corrected chi connectivity index (χ3v) is 7.08. The molecule has 0 atom stereocenters. The summed E-state index contributed by atoms with van der Waals surface area (Å²) in [7, 11) is 0. The first-order valence-electron chi connectivity index (χ1n) is 10.1. The third kappa shape index (κ3) is 4.27. The number of amides is 1. The summed E-state index contributed by atoms with van der Waals surface area (Å²) >= 11 is 3.09. The molecule has 3 nitrogen and oxygen atoms in total. The predicted octanol–water partition coefficient (Wildman–Crippen LogP) is 6.99. The zero-order chi connectivity index (χ0) is 21.1. The van der Waals surface area contributed by atoms with Gasteiger partial charge in [-0.05, 0) is 90.0 Å². The van der Waals surface area contributed by atoms with Crippen LogP contribution >= 0.6 is 23.1 Å². The highest BCUT2D eigenvalue weighted by atomic mass is 32.2. The summed E-state index contributed by atoms with van der Waals surface area (Å²) in [5.41, 5.74) is 5.40. The fourth-order valence-electron chi connectivity index (χ4n) is 3.23. The minimum Gasteiger partial charge on any atom is -0.268 e. The number of nitrogens with zero attached hydrogens (tertiary/aromatic N) is 2. The van der Waals surface area contributed by atoms with Crippen molar-refractivity contribution in [2.45, 2.75) is 33.6 Å². The molecule has 5 heteroatoms. The molecule has 4 rings (SSSR count). The van der Waals surface area contributed by atoms with E-state index in [9.17, 15) is 4.79 Å². The number of amidine groups is 1. The molecular weight excluding hydrogens is 408 g/mol. The van der Waals surface area contributed by atoms with Crippen molar-refractivity contribution in [2.75, 3.05) is 4.90 Å². The van der Waals surface area contributed by atoms with Gasteiger partial charge in [0.2, 0.25) is 0 Å². The largest absolute Gasteiger partial charge is 0.271 e. The Bertz CT molecular complexity index is 1110. The molecule has 1 aliphatic heterocycles. The molecule has 30 heavy (non-hydrogen) atoms. The average molecular weight is 433 g/mol. The Morgan fingerprint density at radius 2 is 1.57 bits per heavy atom. The van der Waals surface area contributed by atoms with Gasteiger partial charge in [-0.1, -0.05) is 38.1 Å². The Kier molecular flexibility index (Phi) is 6.21. The number of rotatable bonds is 5. The van der Waals surface area contributed by atoms with Crippen LogP contribution in [0.2, 0.25) is 0 Å². The van der Waals surface area contributed by atoms with Crippen molar-refractivity contribution >= 4 is 51.6 Å². The highest BCUT2D eigenvalue weighted by molar-refractivity contribution is 8.19. The van der Waals surface area contributed by atoms with Crippen LogP contribution in [0.25, 0.3) is 6.08 Å². The Hall–Kier alpha value is -2.63. The van der Waals surface area contributed by atoms with Crippen LogP contribution in [0.4, 0.5) is 11.4 Å². The van der Waals surface area contributed by atoms with Gasteiger partial charge in [-0.15, -0.1) is 11.3 Å². The second kappa shape index (κ2) is 9.02. The molecule has 0 radical (unpaired) electrons. The number of hydrogen-bond acceptors (Lipinski definition) is 4. The summed E-state index contributed by atoms with van der Waals surface area (Å²) in [6.07, 6.45) is 3.95. The Labute approximate surface area is 186 Å². The van der Waals surface area contributed by atoms with Gasteiger partial charge in [-0.25, -0.2) is 4.99 Å². The number of thioether (sulfide) groups is 1. The van der Waals surface area contributed by atoms with Crippen molar-refractivity contribution in [3.05, 3.63) is 86.5 Å². The highest BCUT2D eigenvalue weighted by Crippen LogP contribution is 2.38. The van der Waals surface area contributed by atoms with E-state index in [1.54, 1.807) is 16.2 Å². The fourth-order valence-corrected chi connectivity index (χ4v) is 5.14. The van der Waals surface area contributed by atoms with E-state index in [1.807, 2.05) is 30.3 Å². The monoisotopic (exact) mass is 432 g/mol. The summed E-state index contributed by atoms with van der Waals surface area (Å²) in [6.45, 7) is 6.33. The minimum atomic E-state index is -0.0269. The number of carbonyl (C=O) groups excluding carboxylic acids is 1. The summed E-state index contributed by atoms with van der Waals surface area (Å²) in [6, 6.07) is 18.4. The van der Waals surface area contributed by atoms with E-state index in [-0.39, 0.29) is 5.91 Å². The van der Waals surface area contributed by atoms with Crippen LogP contribution in [0.5, 0.6) is 0 Å². The summed E-state index contributed by atoms with van der Waals surface area (Å²) in [5.74, 6) is -0.0269. The normalized spacial score (nSPS) is 16.8. The van der Waals surface area contributed by atoms with Crippen LogP contribution in [0.3, 0.4) is 0 Å². The molecule has 1 fully saturated rings. The second-order valence-corrected chi connectivity index (χ2v) is 9.11. The lowest BCUT2D eigenvalue weighted by atomic mass is 10.1. The standard InChI is InChI=1S/C25H24N2OS2/c1-4-18-6-10-20(11-7-18)26-25-27(21-12-8-19(5-2)9-13-21)24(28)23(30-25)16-22-17(3)14-15-29-22/h6-16H,4-5H2,1-3H3/b23-16-,26-25?. The van der Waals surface area contributed by atoms with E-state index in [2.05, 4.69) is 56.5 Å². The van der Waals surface area contributed by atoms with Gasteiger partial charge < -0.3 is 0 Å². The van der Waals surface area contributed by atoms with Gasteiger partial charge in [0, 0.05) is 4.88 Å². The van der Waals surface area contributed by atoms with Gasteiger partial charge >= 0.3 is 0 Å². The zero-order valence-electron chi connectivity index (χ0n) is 17.4. The molecule has 0 spiro atoms. The third-order valence-electron chi connectivity index (χ3n) is 5.14. The first-order valence-corrected chi connectivity index (χ1v) is 11.8. The molecule has 1 amide bonds. The number of hydrogen-bond donors (Lipinski definition) is 0. The van der Waals surface area contributed by atoms with Crippen LogP contribution in [0, 0.1) is 6.92 Å². The molecule has 2 aromatic carbocycles. The molecule has 0 N–H and O–H groups in total. The van der Waals surface area contributed by atoms with E-state index in [0.717, 1.165) is 29.1 Å². The first kappa shape index (κ1) is 20.6. The number of anilines is 1. The van der Waals surface area contributed by atoms with Gasteiger partial charge in [0.1, 0.15) is 0 Å². The van der Waals surface area contributed by atoms with Gasteiger partial charge in [-0.3, -0.25) is 9.69 Å². The molecule has 152 valence electrons. The Morgan fingerprint density at radius 1 is 0.933 bits per heavy atom. The van der Waals surface area contributed by atoms with Gasteiger partial charge in [-0.2, -0.15) is 0 Å². The van der Waals surface area contributed by atoms with E-state index in [1.165, 1.54) is 28.5 Å². The van der Waals surface area contributed by atoms with E-state index in [0.29, 0.717) is 10.1 Å². The Balaban J connectivity index is 1.75. The number of thiophene rings is 1. The quantitative estimate of drug-likeness (QED) is 0.407. The topological polar surface area (TPSA) is 32.7 Å². The molecule has 1 aromatic heterocycles. The van der Waals surface area contributed by atoms with E-state index >= 15 is 0 Å². The maximum Gasteiger partial charge on any atom is 0.271 e. The van der Waals surface area contributed by atoms with E-state index < -0.39 is 0 Å². The molecule has 1 aliphatic rings. The minimum absolute atomic E-state index is 0.0269. The number of benzene rings is 2. The highest BCUT2D eigenvalue weighted by Gasteiger charge is 2.35. The SMILES string of the molecule is CCc1ccc(N=C2S/C(=C\c3sccc3C)C(=O)N2c2ccc(CC)cc2)cc1. The maximum absolute atomic E-state index is 13.4. The van der Waals surface area contributed by atoms with Crippen LogP contribution in [-0.4, -0.2) is 11.1 Å². The predicted molar refractivity (Wildman–Crippen MR) is 131 cm³/mol. The lowest BCUT2D eigenvalue weighted by Crippen LogP contribution is -2.28. The van der Waals surface area contributed by atoms with Crippen molar-refractivity contribution < 1.29 is 4.79 Å². The molecule has 0 bridgehead atoms. The van der Waals surface area contributed by atoms with Crippen molar-refractivity contribution in [1.82, 2.24) is 0 Å². The lowest BCUT2D eigenvalue weighted by molar-refractivity contribution is -0.113. The van der Waals surface area contributed by atoms with Crippen LogP contribution in [0.15, 0.2) is 69.9 Å². The maximum atomic E-state index is 13.4. The molecule has 3 aromatic rings. The van der Waals surface area contributed by atoms with E-state index in [4.69, 9.17) is 4.99 Å². The van der Waals surface area contributed by atoms with Gasteiger partial charge in [0.15, 0.2) is 5.17 Å². The zero-order valence-corrected chi connectivity index (χ0v) is 19.0. The lowest BCUT2D eigenvalue weighted by Gasteiger charge is -2.16. The van der Waals surface area contributed by atoms with Crippen LogP contribution in [0.1, 0.15) is 35.4 Å². The summed E-state index contributed by atoms with van der Waals surface area (Å²) in [4.78, 5) is 21.7. The molecular formula is C25H24N2OS2. The Morgan fingerprint density at radius 3 is 2.13 bits per heavy atom. The molecule has 0 unspecified atom stereocenters. The second-order valence-electron chi connectivity index (χ2n) is 7.15. The summed E-state index contributed by atoms with van der Waals surface area (Å²) in [5, 5.41) is 2.74. The molecule has 0 saturated carbocycles. The number of aryl methyl sites for hydroxylation is 3. The fraction of sp³-hybridized carbons (Fsp3) is 0.200. The molecule has 1 saturated heterocycles. The molecule has 0 aliphatic carbocycles. The average Bonchev–Trinajstić information content (AvgIpc) is 3.31. The first-order chi connectivity index (χ1) is 14.6. The van der Waals surface area contributed by atoms with Gasteiger partial charge in [0.25, 0.3) is 5.91 Å². The summed E-state index contributed by atoms with van der Waals surface area (Å²) < 4.78 is 0. The molecule has 2 heterocycles. The number of carbonyl (C=O) groups is 1. The van der Waals surface area contributed by atoms with Crippen molar-refractivity contribution in [3.63, 3.8) is 0 Å². The number of aliphatic imine (C=N–C) groups is 1. The van der Waals surface area contributed by atoms with Gasteiger partial charge in [0.05, 0.1) is 16.3 Å².